The van der Waals surface area contributed by atoms with E-state index in [4.69, 9.17) is 11.6 Å². The lowest BCUT2D eigenvalue weighted by atomic mass is 9.66. The zero-order valence-electron chi connectivity index (χ0n) is 19.4. The fourth-order valence-corrected chi connectivity index (χ4v) is 5.08. The Bertz CT molecular complexity index is 837. The van der Waals surface area contributed by atoms with Gasteiger partial charge in [0.25, 0.3) is 0 Å². The number of piperidine rings is 1. The van der Waals surface area contributed by atoms with Crippen molar-refractivity contribution >= 4 is 23.5 Å². The second-order valence-corrected chi connectivity index (χ2v) is 11.0. The van der Waals surface area contributed by atoms with Crippen LogP contribution >= 0.6 is 11.6 Å². The standard InChI is InChI=1S/C24H36ClN3O4/c1-22(2)15-28(13-12-24(22,32)16-8-10-17(25)11-9-16)20(29)18-6-5-7-19(18)27-21(30)26-14-23(3,4)31/h8-11,18-19,31-32H,5-7,12-15H2,1-4H3,(H2,26,27,30)/t18?,19-,24+/m1/s1. The monoisotopic (exact) mass is 465 g/mol. The number of carbonyl (C=O) groups is 2. The largest absolute Gasteiger partial charge is 0.389 e. The molecule has 0 spiro atoms. The van der Waals surface area contributed by atoms with Crippen LogP contribution in [0.3, 0.4) is 0 Å². The zero-order chi connectivity index (χ0) is 23.7. The highest BCUT2D eigenvalue weighted by Gasteiger charge is 2.50. The first kappa shape index (κ1) is 24.8. The quantitative estimate of drug-likeness (QED) is 0.536. The molecule has 178 valence electrons. The molecule has 1 aromatic carbocycles. The van der Waals surface area contributed by atoms with E-state index in [1.807, 2.05) is 30.9 Å². The summed E-state index contributed by atoms with van der Waals surface area (Å²) in [6.07, 6.45) is 2.79. The molecule has 3 rings (SSSR count). The summed E-state index contributed by atoms with van der Waals surface area (Å²) in [4.78, 5) is 27.5. The smallest absolute Gasteiger partial charge is 0.315 e. The fourth-order valence-electron chi connectivity index (χ4n) is 4.95. The van der Waals surface area contributed by atoms with Gasteiger partial charge in [-0.2, -0.15) is 0 Å². The molecule has 3 atom stereocenters. The first-order chi connectivity index (χ1) is 14.8. The number of halogens is 1. The summed E-state index contributed by atoms with van der Waals surface area (Å²) in [6.45, 7) is 8.23. The highest BCUT2D eigenvalue weighted by atomic mass is 35.5. The van der Waals surface area contributed by atoms with Crippen LogP contribution in [0.1, 0.15) is 58.9 Å². The maximum absolute atomic E-state index is 13.4. The SMILES string of the molecule is CC(C)(O)CNC(=O)N[C@@H]1CCCC1C(=O)N1CC[C@](O)(c2ccc(Cl)cc2)C(C)(C)C1. The molecule has 1 unspecified atom stereocenters. The number of benzene rings is 1. The van der Waals surface area contributed by atoms with Crippen LogP contribution in [0, 0.1) is 11.3 Å². The summed E-state index contributed by atoms with van der Waals surface area (Å²) in [5, 5.41) is 27.6. The topological polar surface area (TPSA) is 102 Å². The van der Waals surface area contributed by atoms with Crippen LogP contribution in [0.2, 0.25) is 5.02 Å². The van der Waals surface area contributed by atoms with Crippen LogP contribution in [-0.2, 0) is 10.4 Å². The maximum atomic E-state index is 13.4. The van der Waals surface area contributed by atoms with E-state index in [9.17, 15) is 19.8 Å². The van der Waals surface area contributed by atoms with Gasteiger partial charge < -0.3 is 25.7 Å². The Morgan fingerprint density at radius 3 is 2.47 bits per heavy atom. The van der Waals surface area contributed by atoms with Gasteiger partial charge in [-0.25, -0.2) is 4.79 Å². The molecular weight excluding hydrogens is 430 g/mol. The van der Waals surface area contributed by atoms with E-state index in [0.29, 0.717) is 24.5 Å². The minimum Gasteiger partial charge on any atom is -0.389 e. The highest BCUT2D eigenvalue weighted by molar-refractivity contribution is 6.30. The molecule has 0 aromatic heterocycles. The fraction of sp³-hybridized carbons (Fsp3) is 0.667. The highest BCUT2D eigenvalue weighted by Crippen LogP contribution is 2.46. The number of nitrogens with one attached hydrogen (secondary N) is 2. The predicted octanol–water partition coefficient (Wildman–Crippen LogP) is 3.02. The molecule has 1 saturated heterocycles. The number of hydrogen-bond acceptors (Lipinski definition) is 4. The molecule has 7 nitrogen and oxygen atoms in total. The summed E-state index contributed by atoms with van der Waals surface area (Å²) < 4.78 is 0. The summed E-state index contributed by atoms with van der Waals surface area (Å²) in [5.74, 6) is -0.248. The number of carbonyl (C=O) groups excluding carboxylic acids is 2. The van der Waals surface area contributed by atoms with Crippen molar-refractivity contribution in [3.05, 3.63) is 34.9 Å². The Balaban J connectivity index is 1.65. The van der Waals surface area contributed by atoms with Crippen molar-refractivity contribution < 1.29 is 19.8 Å². The lowest BCUT2D eigenvalue weighted by molar-refractivity contribution is -0.156. The molecule has 0 bridgehead atoms. The maximum Gasteiger partial charge on any atom is 0.315 e. The van der Waals surface area contributed by atoms with Crippen LogP contribution in [0.5, 0.6) is 0 Å². The Morgan fingerprint density at radius 2 is 1.88 bits per heavy atom. The van der Waals surface area contributed by atoms with Crippen molar-refractivity contribution in [1.29, 1.82) is 0 Å². The third kappa shape index (κ3) is 5.38. The van der Waals surface area contributed by atoms with Crippen LogP contribution in [-0.4, -0.2) is 58.3 Å². The van der Waals surface area contributed by atoms with Crippen LogP contribution in [0.15, 0.2) is 24.3 Å². The molecule has 0 radical (unpaired) electrons. The number of hydrogen-bond donors (Lipinski definition) is 4. The van der Waals surface area contributed by atoms with Crippen molar-refractivity contribution in [2.45, 2.75) is 70.6 Å². The average molecular weight is 466 g/mol. The van der Waals surface area contributed by atoms with Crippen LogP contribution in [0.4, 0.5) is 4.79 Å². The summed E-state index contributed by atoms with van der Waals surface area (Å²) in [7, 11) is 0. The van der Waals surface area contributed by atoms with E-state index in [0.717, 1.165) is 24.8 Å². The first-order valence-corrected chi connectivity index (χ1v) is 11.7. The molecule has 4 N–H and O–H groups in total. The third-order valence-corrected chi connectivity index (χ3v) is 7.17. The van der Waals surface area contributed by atoms with E-state index in [1.165, 1.54) is 0 Å². The van der Waals surface area contributed by atoms with E-state index >= 15 is 0 Å². The lowest BCUT2D eigenvalue weighted by Crippen LogP contribution is -2.58. The minimum atomic E-state index is -1.06. The molecular formula is C24H36ClN3O4. The Labute approximate surface area is 195 Å². The average Bonchev–Trinajstić information content (AvgIpc) is 3.16. The zero-order valence-corrected chi connectivity index (χ0v) is 20.2. The Kier molecular flexibility index (Phi) is 7.13. The summed E-state index contributed by atoms with van der Waals surface area (Å²) in [6, 6.07) is 6.66. The molecule has 1 aliphatic heterocycles. The molecule has 1 aromatic rings. The van der Waals surface area contributed by atoms with Crippen molar-refractivity contribution in [2.24, 2.45) is 11.3 Å². The van der Waals surface area contributed by atoms with Crippen molar-refractivity contribution in [3.8, 4) is 0 Å². The number of urea groups is 1. The molecule has 1 heterocycles. The van der Waals surface area contributed by atoms with Crippen LogP contribution in [0.25, 0.3) is 0 Å². The van der Waals surface area contributed by atoms with Gasteiger partial charge >= 0.3 is 6.03 Å². The normalized spacial score (nSPS) is 27.8. The number of likely N-dealkylation sites (tertiary alicyclic amines) is 1. The number of amides is 3. The number of aliphatic hydroxyl groups is 2. The van der Waals surface area contributed by atoms with Gasteiger partial charge in [0.05, 0.1) is 17.1 Å². The van der Waals surface area contributed by atoms with Gasteiger partial charge in [-0.3, -0.25) is 4.79 Å². The van der Waals surface area contributed by atoms with Crippen LogP contribution < -0.4 is 10.6 Å². The molecule has 8 heteroatoms. The van der Waals surface area contributed by atoms with Gasteiger partial charge in [0.1, 0.15) is 0 Å². The van der Waals surface area contributed by atoms with Crippen molar-refractivity contribution in [1.82, 2.24) is 15.5 Å². The van der Waals surface area contributed by atoms with Gasteiger partial charge in [0.15, 0.2) is 0 Å². The second kappa shape index (κ2) is 9.20. The molecule has 2 aliphatic rings. The van der Waals surface area contributed by atoms with Gasteiger partial charge in [-0.05, 0) is 50.8 Å². The predicted molar refractivity (Wildman–Crippen MR) is 124 cm³/mol. The van der Waals surface area contributed by atoms with E-state index in [2.05, 4.69) is 10.6 Å². The van der Waals surface area contributed by atoms with E-state index in [-0.39, 0.29) is 30.4 Å². The van der Waals surface area contributed by atoms with Gasteiger partial charge in [0.2, 0.25) is 5.91 Å². The van der Waals surface area contributed by atoms with Crippen molar-refractivity contribution in [3.63, 3.8) is 0 Å². The molecule has 1 aliphatic carbocycles. The lowest BCUT2D eigenvalue weighted by Gasteiger charge is -2.51. The van der Waals surface area contributed by atoms with Gasteiger partial charge in [-0.15, -0.1) is 0 Å². The summed E-state index contributed by atoms with van der Waals surface area (Å²) >= 11 is 6.01. The minimum absolute atomic E-state index is 0.0292. The van der Waals surface area contributed by atoms with Gasteiger partial charge in [-0.1, -0.05) is 44.0 Å². The second-order valence-electron chi connectivity index (χ2n) is 10.5. The number of nitrogens with zero attached hydrogens (tertiary/aromatic N) is 1. The van der Waals surface area contributed by atoms with E-state index < -0.39 is 16.6 Å². The van der Waals surface area contributed by atoms with Crippen molar-refractivity contribution in [2.75, 3.05) is 19.6 Å². The third-order valence-electron chi connectivity index (χ3n) is 6.91. The molecule has 3 amide bonds. The van der Waals surface area contributed by atoms with E-state index in [1.54, 1.807) is 26.0 Å². The number of rotatable bonds is 5. The molecule has 2 fully saturated rings. The molecule has 32 heavy (non-hydrogen) atoms. The van der Waals surface area contributed by atoms with Gasteiger partial charge in [0, 0.05) is 36.1 Å². The Morgan fingerprint density at radius 1 is 1.22 bits per heavy atom. The first-order valence-electron chi connectivity index (χ1n) is 11.4. The Hall–Kier alpha value is -1.83. The molecule has 1 saturated carbocycles. The summed E-state index contributed by atoms with van der Waals surface area (Å²) in [5.41, 5.74) is -1.80.